The highest BCUT2D eigenvalue weighted by atomic mass is 16.1. The fraction of sp³-hybridized carbons (Fsp3) is 0.438. The lowest BCUT2D eigenvalue weighted by atomic mass is 10.0. The van der Waals surface area contributed by atoms with E-state index in [1.165, 1.54) is 12.7 Å². The molecule has 1 heterocycles. The molecule has 0 spiro atoms. The summed E-state index contributed by atoms with van der Waals surface area (Å²) in [6.45, 7) is 0.664. The monoisotopic (exact) mass is 282 g/mol. The predicted molar refractivity (Wildman–Crippen MR) is 78.5 cm³/mol. The summed E-state index contributed by atoms with van der Waals surface area (Å²) in [5, 5.41) is 7.16. The van der Waals surface area contributed by atoms with Gasteiger partial charge in [-0.25, -0.2) is 9.67 Å². The normalized spacial score (nSPS) is 26.4. The van der Waals surface area contributed by atoms with E-state index in [-0.39, 0.29) is 11.8 Å². The smallest absolute Gasteiger partial charge is 0.227 e. The molecule has 5 heteroatoms. The zero-order chi connectivity index (χ0) is 14.2. The molecule has 2 aliphatic rings. The number of hydrogen-bond acceptors (Lipinski definition) is 3. The quantitative estimate of drug-likeness (QED) is 0.936. The molecule has 1 N–H and O–H groups in total. The maximum absolute atomic E-state index is 12.3. The lowest BCUT2D eigenvalue weighted by Crippen LogP contribution is -2.21. The molecule has 0 radical (unpaired) electrons. The van der Waals surface area contributed by atoms with E-state index in [1.807, 2.05) is 24.3 Å². The van der Waals surface area contributed by atoms with Crippen molar-refractivity contribution >= 4 is 11.6 Å². The number of nitrogens with zero attached hydrogens (tertiary/aromatic N) is 3. The van der Waals surface area contributed by atoms with E-state index in [4.69, 9.17) is 0 Å². The number of aromatic nitrogens is 3. The van der Waals surface area contributed by atoms with E-state index >= 15 is 0 Å². The zero-order valence-corrected chi connectivity index (χ0v) is 11.8. The van der Waals surface area contributed by atoms with Crippen LogP contribution in [0.2, 0.25) is 0 Å². The molecule has 0 bridgehead atoms. The second-order valence-electron chi connectivity index (χ2n) is 6.21. The third-order valence-corrected chi connectivity index (χ3v) is 4.62. The van der Waals surface area contributed by atoms with Gasteiger partial charge in [-0.1, -0.05) is 12.1 Å². The Morgan fingerprint density at radius 2 is 2.14 bits per heavy atom. The topological polar surface area (TPSA) is 59.8 Å². The van der Waals surface area contributed by atoms with Crippen LogP contribution < -0.4 is 5.32 Å². The summed E-state index contributed by atoms with van der Waals surface area (Å²) in [6, 6.07) is 7.95. The number of fused-ring (bicyclic) bond motifs is 1. The second-order valence-corrected chi connectivity index (χ2v) is 6.21. The van der Waals surface area contributed by atoms with Crippen molar-refractivity contribution in [3.05, 3.63) is 42.5 Å². The van der Waals surface area contributed by atoms with Gasteiger partial charge >= 0.3 is 0 Å². The molecule has 4 rings (SSSR count). The molecule has 2 atom stereocenters. The van der Waals surface area contributed by atoms with Gasteiger partial charge in [-0.3, -0.25) is 4.79 Å². The van der Waals surface area contributed by atoms with Crippen LogP contribution in [0.3, 0.4) is 0 Å². The number of nitrogens with one attached hydrogen (secondary N) is 1. The molecule has 1 aromatic heterocycles. The molecule has 1 aromatic carbocycles. The molecule has 0 saturated heterocycles. The van der Waals surface area contributed by atoms with Crippen molar-refractivity contribution in [2.75, 3.05) is 5.32 Å². The second kappa shape index (κ2) is 4.98. The standard InChI is InChI=1S/C16H18N4O/c21-16(14-6-12-5-13(12)7-14)19-15-3-1-2-11(4-15)8-20-10-17-9-18-20/h1-4,9-10,12-14H,5-8H2,(H,19,21). The van der Waals surface area contributed by atoms with E-state index in [2.05, 4.69) is 15.4 Å². The average Bonchev–Trinajstić information content (AvgIpc) is 2.90. The Bertz CT molecular complexity index is 642. The van der Waals surface area contributed by atoms with Gasteiger partial charge in [0, 0.05) is 11.6 Å². The Labute approximate surface area is 123 Å². The van der Waals surface area contributed by atoms with E-state index in [0.717, 1.165) is 35.9 Å². The van der Waals surface area contributed by atoms with Crippen molar-refractivity contribution in [1.82, 2.24) is 14.8 Å². The summed E-state index contributed by atoms with van der Waals surface area (Å²) in [5.74, 6) is 2.06. The van der Waals surface area contributed by atoms with Crippen molar-refractivity contribution in [3.63, 3.8) is 0 Å². The van der Waals surface area contributed by atoms with Crippen molar-refractivity contribution in [3.8, 4) is 0 Å². The molecule has 2 unspecified atom stereocenters. The van der Waals surface area contributed by atoms with Gasteiger partial charge in [0.15, 0.2) is 0 Å². The molecule has 2 saturated carbocycles. The summed E-state index contributed by atoms with van der Waals surface area (Å²) >= 11 is 0. The molecular formula is C16H18N4O. The number of amides is 1. The van der Waals surface area contributed by atoms with Crippen LogP contribution >= 0.6 is 0 Å². The van der Waals surface area contributed by atoms with Crippen LogP contribution in [0.1, 0.15) is 24.8 Å². The first-order chi connectivity index (χ1) is 10.3. The SMILES string of the molecule is O=C(Nc1cccc(Cn2cncn2)c1)C1CC2CC2C1. The van der Waals surface area contributed by atoms with E-state index in [0.29, 0.717) is 6.54 Å². The molecule has 2 aromatic rings. The van der Waals surface area contributed by atoms with Gasteiger partial charge in [0.05, 0.1) is 6.54 Å². The van der Waals surface area contributed by atoms with Crippen LogP contribution in [0.5, 0.6) is 0 Å². The van der Waals surface area contributed by atoms with Crippen LogP contribution in [-0.2, 0) is 11.3 Å². The van der Waals surface area contributed by atoms with Gasteiger partial charge in [-0.2, -0.15) is 5.10 Å². The Morgan fingerprint density at radius 1 is 1.29 bits per heavy atom. The molecule has 108 valence electrons. The van der Waals surface area contributed by atoms with Gasteiger partial charge < -0.3 is 5.32 Å². The number of rotatable bonds is 4. The van der Waals surface area contributed by atoms with Gasteiger partial charge in [0.25, 0.3) is 0 Å². The Balaban J connectivity index is 1.41. The molecule has 5 nitrogen and oxygen atoms in total. The van der Waals surface area contributed by atoms with Gasteiger partial charge in [0.1, 0.15) is 12.7 Å². The maximum Gasteiger partial charge on any atom is 0.227 e. The predicted octanol–water partition coefficient (Wildman–Crippen LogP) is 2.31. The first kappa shape index (κ1) is 12.6. The molecule has 1 amide bonds. The lowest BCUT2D eigenvalue weighted by Gasteiger charge is -2.13. The summed E-state index contributed by atoms with van der Waals surface area (Å²) in [7, 11) is 0. The Kier molecular flexibility index (Phi) is 2.98. The van der Waals surface area contributed by atoms with Gasteiger partial charge in [-0.15, -0.1) is 0 Å². The van der Waals surface area contributed by atoms with Gasteiger partial charge in [-0.05, 0) is 48.8 Å². The molecule has 2 fully saturated rings. The maximum atomic E-state index is 12.3. The Morgan fingerprint density at radius 3 is 2.90 bits per heavy atom. The van der Waals surface area contributed by atoms with E-state index in [1.54, 1.807) is 11.0 Å². The van der Waals surface area contributed by atoms with E-state index in [9.17, 15) is 4.79 Å². The minimum absolute atomic E-state index is 0.181. The summed E-state index contributed by atoms with van der Waals surface area (Å²) < 4.78 is 1.77. The van der Waals surface area contributed by atoms with E-state index < -0.39 is 0 Å². The summed E-state index contributed by atoms with van der Waals surface area (Å²) in [6.07, 6.45) is 6.72. The summed E-state index contributed by atoms with van der Waals surface area (Å²) in [4.78, 5) is 16.2. The first-order valence-electron chi connectivity index (χ1n) is 7.50. The molecule has 0 aliphatic heterocycles. The highest BCUT2D eigenvalue weighted by Crippen LogP contribution is 2.54. The van der Waals surface area contributed by atoms with Crippen LogP contribution in [0.25, 0.3) is 0 Å². The van der Waals surface area contributed by atoms with Crippen molar-refractivity contribution in [2.45, 2.75) is 25.8 Å². The number of carbonyl (C=O) groups excluding carboxylic acids is 1. The van der Waals surface area contributed by atoms with Crippen LogP contribution in [-0.4, -0.2) is 20.7 Å². The third-order valence-electron chi connectivity index (χ3n) is 4.62. The average molecular weight is 282 g/mol. The minimum atomic E-state index is 0.181. The third kappa shape index (κ3) is 2.68. The zero-order valence-electron chi connectivity index (χ0n) is 11.8. The number of benzene rings is 1. The molecular weight excluding hydrogens is 264 g/mol. The van der Waals surface area contributed by atoms with Crippen molar-refractivity contribution in [2.24, 2.45) is 17.8 Å². The fourth-order valence-electron chi connectivity index (χ4n) is 3.42. The fourth-order valence-corrected chi connectivity index (χ4v) is 3.42. The highest BCUT2D eigenvalue weighted by Gasteiger charge is 2.47. The highest BCUT2D eigenvalue weighted by molar-refractivity contribution is 5.92. The number of carbonyl (C=O) groups is 1. The largest absolute Gasteiger partial charge is 0.326 e. The Hall–Kier alpha value is -2.17. The van der Waals surface area contributed by atoms with Gasteiger partial charge in [0.2, 0.25) is 5.91 Å². The van der Waals surface area contributed by atoms with Crippen molar-refractivity contribution in [1.29, 1.82) is 0 Å². The molecule has 21 heavy (non-hydrogen) atoms. The molecule has 2 aliphatic carbocycles. The number of hydrogen-bond donors (Lipinski definition) is 1. The van der Waals surface area contributed by atoms with Crippen molar-refractivity contribution < 1.29 is 4.79 Å². The number of anilines is 1. The lowest BCUT2D eigenvalue weighted by molar-refractivity contribution is -0.120. The summed E-state index contributed by atoms with van der Waals surface area (Å²) in [5.41, 5.74) is 1.98. The first-order valence-corrected chi connectivity index (χ1v) is 7.50. The van der Waals surface area contributed by atoms with Crippen LogP contribution in [0.15, 0.2) is 36.9 Å². The van der Waals surface area contributed by atoms with Crippen LogP contribution in [0, 0.1) is 17.8 Å². The van der Waals surface area contributed by atoms with Crippen LogP contribution in [0.4, 0.5) is 5.69 Å². The minimum Gasteiger partial charge on any atom is -0.326 e.